The minimum atomic E-state index is -3.59. The van der Waals surface area contributed by atoms with Crippen molar-refractivity contribution in [1.29, 1.82) is 0 Å². The molecule has 0 aliphatic carbocycles. The molecule has 3 rings (SSSR count). The second-order valence-corrected chi connectivity index (χ2v) is 11.2. The lowest BCUT2D eigenvalue weighted by molar-refractivity contribution is -0.116. The Morgan fingerprint density at radius 2 is 1.76 bits per heavy atom. The summed E-state index contributed by atoms with van der Waals surface area (Å²) in [6.07, 6.45) is 5.50. The Labute approximate surface area is 201 Å². The Balaban J connectivity index is 1.79. The quantitative estimate of drug-likeness (QED) is 0.445. The van der Waals surface area contributed by atoms with E-state index in [2.05, 4.69) is 15.3 Å². The summed E-state index contributed by atoms with van der Waals surface area (Å²) in [4.78, 5) is 23.9. The lowest BCUT2D eigenvalue weighted by Gasteiger charge is -2.26. The number of sulfonamides is 1. The first-order chi connectivity index (χ1) is 15.6. The molecule has 0 spiro atoms. The number of nitrogens with zero attached hydrogens (tertiary/aromatic N) is 4. The highest BCUT2D eigenvalue weighted by Gasteiger charge is 2.27. The molecule has 2 aromatic rings. The molecule has 1 aromatic heterocycles. The third-order valence-electron chi connectivity index (χ3n) is 5.86. The first kappa shape index (κ1) is 25.5. The zero-order chi connectivity index (χ0) is 24.2. The Morgan fingerprint density at radius 1 is 1.12 bits per heavy atom. The number of anilines is 2. The van der Waals surface area contributed by atoms with Crippen LogP contribution in [-0.2, 0) is 21.2 Å². The molecule has 1 N–H and O–H groups in total. The van der Waals surface area contributed by atoms with Crippen molar-refractivity contribution in [3.63, 3.8) is 0 Å². The van der Waals surface area contributed by atoms with Gasteiger partial charge in [0.1, 0.15) is 0 Å². The average Bonchev–Trinajstić information content (AvgIpc) is 2.78. The van der Waals surface area contributed by atoms with Crippen molar-refractivity contribution in [2.24, 2.45) is 0 Å². The number of carbonyl (C=O) groups is 1. The number of carbonyl (C=O) groups excluding carboxylic acids is 1. The van der Waals surface area contributed by atoms with E-state index in [-0.39, 0.29) is 17.2 Å². The number of aromatic nitrogens is 2. The van der Waals surface area contributed by atoms with Crippen LogP contribution in [0.15, 0.2) is 28.3 Å². The average molecular weight is 492 g/mol. The van der Waals surface area contributed by atoms with Crippen molar-refractivity contribution < 1.29 is 13.2 Å². The second kappa shape index (κ2) is 10.8. The van der Waals surface area contributed by atoms with Gasteiger partial charge >= 0.3 is 0 Å². The Bertz CT molecular complexity index is 1090. The van der Waals surface area contributed by atoms with Gasteiger partial charge in [-0.25, -0.2) is 18.4 Å². The molecular weight excluding hydrogens is 458 g/mol. The minimum absolute atomic E-state index is 0.182. The molecule has 2 heterocycles. The lowest BCUT2D eigenvalue weighted by atomic mass is 10.1. The molecule has 0 radical (unpaired) electrons. The zero-order valence-electron chi connectivity index (χ0n) is 20.0. The van der Waals surface area contributed by atoms with Crippen molar-refractivity contribution in [2.45, 2.75) is 56.0 Å². The van der Waals surface area contributed by atoms with Gasteiger partial charge in [-0.15, -0.1) is 0 Å². The van der Waals surface area contributed by atoms with Crippen molar-refractivity contribution in [2.75, 3.05) is 43.7 Å². The molecule has 33 heavy (non-hydrogen) atoms. The Morgan fingerprint density at radius 3 is 2.33 bits per heavy atom. The Hall–Kier alpha value is -2.17. The van der Waals surface area contributed by atoms with Gasteiger partial charge in [-0.1, -0.05) is 18.2 Å². The molecule has 180 valence electrons. The summed E-state index contributed by atoms with van der Waals surface area (Å²) in [5.41, 5.74) is 3.97. The van der Waals surface area contributed by atoms with Gasteiger partial charge in [0.25, 0.3) is 0 Å². The van der Waals surface area contributed by atoms with Crippen LogP contribution in [0.4, 0.5) is 11.4 Å². The van der Waals surface area contributed by atoms with Gasteiger partial charge in [0.2, 0.25) is 15.9 Å². The van der Waals surface area contributed by atoms with Crippen LogP contribution < -0.4 is 10.2 Å². The van der Waals surface area contributed by atoms with E-state index in [0.717, 1.165) is 47.1 Å². The number of benzene rings is 1. The molecule has 0 bridgehead atoms. The van der Waals surface area contributed by atoms with Crippen molar-refractivity contribution >= 4 is 39.1 Å². The first-order valence-electron chi connectivity index (χ1n) is 11.1. The SMILES string of the molecule is CSc1nc(C)c(CCC(=O)Nc2cc(S(=O)(=O)N3CCCCC3)ccc2N(C)C)c(C)n1. The summed E-state index contributed by atoms with van der Waals surface area (Å²) in [6.45, 7) is 4.94. The molecule has 0 unspecified atom stereocenters. The molecule has 1 amide bonds. The van der Waals surface area contributed by atoms with E-state index in [1.54, 1.807) is 18.2 Å². The second-order valence-electron chi connectivity index (χ2n) is 8.45. The van der Waals surface area contributed by atoms with Crippen molar-refractivity contribution in [3.8, 4) is 0 Å². The summed E-state index contributed by atoms with van der Waals surface area (Å²) in [5.74, 6) is -0.182. The summed E-state index contributed by atoms with van der Waals surface area (Å²) >= 11 is 1.49. The van der Waals surface area contributed by atoms with Crippen LogP contribution in [0.1, 0.15) is 42.6 Å². The maximum Gasteiger partial charge on any atom is 0.243 e. The van der Waals surface area contributed by atoms with E-state index in [1.807, 2.05) is 39.1 Å². The van der Waals surface area contributed by atoms with Gasteiger partial charge in [0, 0.05) is 45.0 Å². The molecule has 8 nitrogen and oxygen atoms in total. The standard InChI is InChI=1S/C23H33N5O3S2/c1-16-19(17(2)25-23(24-16)32-5)10-12-22(29)26-20-15-18(9-11-21(20)27(3)4)33(30,31)28-13-7-6-8-14-28/h9,11,15H,6-8,10,12-14H2,1-5H3,(H,26,29). The number of thioether (sulfide) groups is 1. The highest BCUT2D eigenvalue weighted by Crippen LogP contribution is 2.30. The smallest absolute Gasteiger partial charge is 0.243 e. The normalized spacial score (nSPS) is 14.8. The third kappa shape index (κ3) is 6.04. The molecule has 1 aromatic carbocycles. The van der Waals surface area contributed by atoms with Crippen LogP contribution in [-0.4, -0.2) is 62.0 Å². The number of hydrogen-bond donors (Lipinski definition) is 1. The van der Waals surface area contributed by atoms with Crippen LogP contribution in [0, 0.1) is 13.8 Å². The van der Waals surface area contributed by atoms with Gasteiger partial charge in [-0.05, 0) is 63.1 Å². The van der Waals surface area contributed by atoms with E-state index in [9.17, 15) is 13.2 Å². The fourth-order valence-corrected chi connectivity index (χ4v) is 6.03. The number of amides is 1. The topological polar surface area (TPSA) is 95.5 Å². The maximum atomic E-state index is 13.1. The fourth-order valence-electron chi connectivity index (χ4n) is 4.03. The number of nitrogens with one attached hydrogen (secondary N) is 1. The van der Waals surface area contributed by atoms with E-state index >= 15 is 0 Å². The van der Waals surface area contributed by atoms with Gasteiger partial charge in [-0.3, -0.25) is 4.79 Å². The maximum absolute atomic E-state index is 13.1. The summed E-state index contributed by atoms with van der Waals surface area (Å²) in [6, 6.07) is 4.94. The predicted molar refractivity (Wildman–Crippen MR) is 134 cm³/mol. The minimum Gasteiger partial charge on any atom is -0.376 e. The van der Waals surface area contributed by atoms with Crippen LogP contribution in [0.3, 0.4) is 0 Å². The summed E-state index contributed by atoms with van der Waals surface area (Å²) < 4.78 is 27.8. The zero-order valence-corrected chi connectivity index (χ0v) is 21.6. The van der Waals surface area contributed by atoms with Crippen LogP contribution in [0.2, 0.25) is 0 Å². The van der Waals surface area contributed by atoms with Crippen LogP contribution >= 0.6 is 11.8 Å². The van der Waals surface area contributed by atoms with E-state index < -0.39 is 10.0 Å². The van der Waals surface area contributed by atoms with Gasteiger partial charge in [0.05, 0.1) is 16.3 Å². The van der Waals surface area contributed by atoms with Gasteiger partial charge in [-0.2, -0.15) is 4.31 Å². The molecule has 1 fully saturated rings. The lowest BCUT2D eigenvalue weighted by Crippen LogP contribution is -2.35. The van der Waals surface area contributed by atoms with E-state index in [1.165, 1.54) is 16.1 Å². The molecule has 0 saturated carbocycles. The molecule has 10 heteroatoms. The van der Waals surface area contributed by atoms with Crippen LogP contribution in [0.5, 0.6) is 0 Å². The third-order valence-corrected chi connectivity index (χ3v) is 8.30. The first-order valence-corrected chi connectivity index (χ1v) is 13.8. The van der Waals surface area contributed by atoms with E-state index in [0.29, 0.717) is 25.2 Å². The molecule has 1 aliphatic rings. The number of aryl methyl sites for hydroxylation is 2. The molecular formula is C23H33N5O3S2. The van der Waals surface area contributed by atoms with Crippen molar-refractivity contribution in [3.05, 3.63) is 35.2 Å². The monoisotopic (exact) mass is 491 g/mol. The summed E-state index contributed by atoms with van der Waals surface area (Å²) in [5, 5.41) is 3.65. The molecule has 1 aliphatic heterocycles. The Kier molecular flexibility index (Phi) is 8.36. The largest absolute Gasteiger partial charge is 0.376 e. The highest BCUT2D eigenvalue weighted by molar-refractivity contribution is 7.98. The highest BCUT2D eigenvalue weighted by atomic mass is 32.2. The molecule has 0 atom stereocenters. The predicted octanol–water partition coefficient (Wildman–Crippen LogP) is 3.63. The number of hydrogen-bond acceptors (Lipinski definition) is 7. The van der Waals surface area contributed by atoms with Gasteiger partial charge < -0.3 is 10.2 Å². The fraction of sp³-hybridized carbons (Fsp3) is 0.522. The number of rotatable bonds is 8. The number of piperidine rings is 1. The summed E-state index contributed by atoms with van der Waals surface area (Å²) in [7, 11) is 0.134. The van der Waals surface area contributed by atoms with Gasteiger partial charge in [0.15, 0.2) is 5.16 Å². The molecule has 1 saturated heterocycles. The van der Waals surface area contributed by atoms with Crippen LogP contribution in [0.25, 0.3) is 0 Å². The van der Waals surface area contributed by atoms with E-state index in [4.69, 9.17) is 0 Å². The van der Waals surface area contributed by atoms with Crippen molar-refractivity contribution in [1.82, 2.24) is 14.3 Å².